The Morgan fingerprint density at radius 2 is 1.88 bits per heavy atom. The molecule has 5 heteroatoms. The summed E-state index contributed by atoms with van der Waals surface area (Å²) < 4.78 is 19.2. The van der Waals surface area contributed by atoms with E-state index in [4.69, 9.17) is 16.6 Å². The van der Waals surface area contributed by atoms with Crippen molar-refractivity contribution in [2.24, 2.45) is 0 Å². The summed E-state index contributed by atoms with van der Waals surface area (Å²) in [6, 6.07) is 18.3. The summed E-state index contributed by atoms with van der Waals surface area (Å²) in [5, 5.41) is 6.63. The molecule has 3 rings (SSSR count). The van der Waals surface area contributed by atoms with E-state index in [2.05, 4.69) is 10.6 Å². The van der Waals surface area contributed by atoms with Gasteiger partial charge in [0.2, 0.25) is 0 Å². The number of rotatable bonds is 4. The van der Waals surface area contributed by atoms with E-state index in [0.717, 1.165) is 11.3 Å². The van der Waals surface area contributed by atoms with Crippen LogP contribution in [0.3, 0.4) is 0 Å². The molecule has 1 aromatic heterocycles. The van der Waals surface area contributed by atoms with Gasteiger partial charge >= 0.3 is 0 Å². The fourth-order valence-corrected chi connectivity index (χ4v) is 2.62. The van der Waals surface area contributed by atoms with Crippen molar-refractivity contribution in [3.63, 3.8) is 0 Å². The highest BCUT2D eigenvalue weighted by molar-refractivity contribution is 7.80. The lowest BCUT2D eigenvalue weighted by Gasteiger charge is -2.19. The summed E-state index contributed by atoms with van der Waals surface area (Å²) in [6.45, 7) is 1.72. The minimum absolute atomic E-state index is 0.225. The number of nitrogens with one attached hydrogen (secondary N) is 2. The number of furan rings is 1. The third-order valence-corrected chi connectivity index (χ3v) is 3.89. The lowest BCUT2D eigenvalue weighted by Crippen LogP contribution is -2.32. The summed E-state index contributed by atoms with van der Waals surface area (Å²) >= 11 is 5.38. The predicted octanol–water partition coefficient (Wildman–Crippen LogP) is 4.80. The molecule has 0 saturated heterocycles. The second-order valence-electron chi connectivity index (χ2n) is 5.42. The molecule has 0 amide bonds. The van der Waals surface area contributed by atoms with Gasteiger partial charge in [-0.3, -0.25) is 0 Å². The molecule has 3 nitrogen and oxygen atoms in total. The van der Waals surface area contributed by atoms with Crippen LogP contribution in [0, 0.1) is 12.7 Å². The largest absolute Gasteiger partial charge is 0.467 e. The highest BCUT2D eigenvalue weighted by Gasteiger charge is 2.17. The van der Waals surface area contributed by atoms with Crippen LogP contribution in [0.5, 0.6) is 0 Å². The first-order valence-electron chi connectivity index (χ1n) is 7.55. The first kappa shape index (κ1) is 16.2. The fraction of sp³-hybridized carbons (Fsp3) is 0.105. The Bertz CT molecular complexity index is 819. The summed E-state index contributed by atoms with van der Waals surface area (Å²) in [5.74, 6) is 0.480. The summed E-state index contributed by atoms with van der Waals surface area (Å²) in [5.41, 5.74) is 2.21. The molecule has 122 valence electrons. The van der Waals surface area contributed by atoms with Crippen LogP contribution in [0.2, 0.25) is 0 Å². The van der Waals surface area contributed by atoms with Crippen LogP contribution in [-0.4, -0.2) is 5.11 Å². The van der Waals surface area contributed by atoms with Gasteiger partial charge in [-0.2, -0.15) is 0 Å². The lowest BCUT2D eigenvalue weighted by molar-refractivity contribution is 0.476. The van der Waals surface area contributed by atoms with Gasteiger partial charge in [-0.1, -0.05) is 36.4 Å². The van der Waals surface area contributed by atoms with Crippen molar-refractivity contribution in [3.8, 4) is 0 Å². The molecule has 3 aromatic rings. The number of thiocarbonyl (C=S) groups is 1. The van der Waals surface area contributed by atoms with Gasteiger partial charge in [-0.25, -0.2) is 4.39 Å². The van der Waals surface area contributed by atoms with Crippen molar-refractivity contribution >= 4 is 23.0 Å². The topological polar surface area (TPSA) is 37.2 Å². The molecule has 0 fully saturated rings. The highest BCUT2D eigenvalue weighted by atomic mass is 32.1. The predicted molar refractivity (Wildman–Crippen MR) is 97.5 cm³/mol. The molecule has 0 aliphatic heterocycles. The van der Waals surface area contributed by atoms with Gasteiger partial charge in [-0.15, -0.1) is 0 Å². The standard InChI is InChI=1S/C19H17FN2OS/c1-13-9-10-15(12-16(13)20)21-19(24)22-18(17-8-5-11-23-17)14-6-3-2-4-7-14/h2-12,18H,1H3,(H2,21,22,24)/t18-/m0/s1. The molecule has 24 heavy (non-hydrogen) atoms. The van der Waals surface area contributed by atoms with Crippen molar-refractivity contribution < 1.29 is 8.81 Å². The molecule has 0 aliphatic rings. The van der Waals surface area contributed by atoms with Gasteiger partial charge in [0.25, 0.3) is 0 Å². The quantitative estimate of drug-likeness (QED) is 0.669. The number of aryl methyl sites for hydroxylation is 1. The smallest absolute Gasteiger partial charge is 0.171 e. The van der Waals surface area contributed by atoms with Crippen LogP contribution in [0.4, 0.5) is 10.1 Å². The van der Waals surface area contributed by atoms with E-state index in [9.17, 15) is 4.39 Å². The molecular formula is C19H17FN2OS. The molecule has 0 unspecified atom stereocenters. The van der Waals surface area contributed by atoms with E-state index in [1.165, 1.54) is 6.07 Å². The maximum Gasteiger partial charge on any atom is 0.171 e. The third-order valence-electron chi connectivity index (χ3n) is 3.67. The van der Waals surface area contributed by atoms with Gasteiger partial charge in [0.15, 0.2) is 5.11 Å². The average molecular weight is 340 g/mol. The Labute approximate surface area is 145 Å². The van der Waals surface area contributed by atoms with Crippen LogP contribution < -0.4 is 10.6 Å². The fourth-order valence-electron chi connectivity index (χ4n) is 2.39. The van der Waals surface area contributed by atoms with E-state index in [1.54, 1.807) is 25.3 Å². The minimum Gasteiger partial charge on any atom is -0.467 e. The van der Waals surface area contributed by atoms with E-state index >= 15 is 0 Å². The van der Waals surface area contributed by atoms with Crippen LogP contribution in [-0.2, 0) is 0 Å². The number of hydrogen-bond donors (Lipinski definition) is 2. The van der Waals surface area contributed by atoms with Gasteiger partial charge in [-0.05, 0) is 54.5 Å². The number of benzene rings is 2. The van der Waals surface area contributed by atoms with Crippen molar-refractivity contribution in [1.82, 2.24) is 5.32 Å². The molecule has 1 heterocycles. The molecule has 1 atom stereocenters. The van der Waals surface area contributed by atoms with Crippen molar-refractivity contribution in [3.05, 3.63) is 89.6 Å². The van der Waals surface area contributed by atoms with Crippen LogP contribution in [0.25, 0.3) is 0 Å². The van der Waals surface area contributed by atoms with Gasteiger partial charge in [0.1, 0.15) is 17.6 Å². The number of hydrogen-bond acceptors (Lipinski definition) is 2. The first-order chi connectivity index (χ1) is 11.6. The van der Waals surface area contributed by atoms with Crippen LogP contribution in [0.1, 0.15) is 22.9 Å². The van der Waals surface area contributed by atoms with E-state index < -0.39 is 0 Å². The second-order valence-corrected chi connectivity index (χ2v) is 5.83. The highest BCUT2D eigenvalue weighted by Crippen LogP contribution is 2.22. The molecule has 0 saturated carbocycles. The van der Waals surface area contributed by atoms with E-state index in [-0.39, 0.29) is 11.9 Å². The Balaban J connectivity index is 1.77. The maximum atomic E-state index is 13.7. The lowest BCUT2D eigenvalue weighted by atomic mass is 10.1. The van der Waals surface area contributed by atoms with Crippen molar-refractivity contribution in [2.75, 3.05) is 5.32 Å². The molecule has 0 spiro atoms. The van der Waals surface area contributed by atoms with Gasteiger partial charge in [0.05, 0.1) is 6.26 Å². The van der Waals surface area contributed by atoms with Gasteiger partial charge in [0, 0.05) is 5.69 Å². The van der Waals surface area contributed by atoms with Crippen LogP contribution >= 0.6 is 12.2 Å². The zero-order valence-electron chi connectivity index (χ0n) is 13.1. The van der Waals surface area contributed by atoms with Crippen molar-refractivity contribution in [2.45, 2.75) is 13.0 Å². The zero-order valence-corrected chi connectivity index (χ0v) is 13.9. The molecule has 2 N–H and O–H groups in total. The molecule has 0 radical (unpaired) electrons. The zero-order chi connectivity index (χ0) is 16.9. The van der Waals surface area contributed by atoms with Crippen molar-refractivity contribution in [1.29, 1.82) is 0 Å². The SMILES string of the molecule is Cc1ccc(NC(=S)N[C@@H](c2ccccc2)c2ccco2)cc1F. The summed E-state index contributed by atoms with van der Waals surface area (Å²) in [4.78, 5) is 0. The monoisotopic (exact) mass is 340 g/mol. The van der Waals surface area contributed by atoms with E-state index in [0.29, 0.717) is 16.4 Å². The molecule has 0 aliphatic carbocycles. The van der Waals surface area contributed by atoms with Gasteiger partial charge < -0.3 is 15.1 Å². The molecule has 0 bridgehead atoms. The van der Waals surface area contributed by atoms with Crippen LogP contribution in [0.15, 0.2) is 71.3 Å². The minimum atomic E-state index is -0.270. The van der Waals surface area contributed by atoms with E-state index in [1.807, 2.05) is 42.5 Å². The number of halogens is 1. The summed E-state index contributed by atoms with van der Waals surface area (Å²) in [7, 11) is 0. The Hall–Kier alpha value is -2.66. The molecule has 2 aromatic carbocycles. The Morgan fingerprint density at radius 3 is 2.54 bits per heavy atom. The Morgan fingerprint density at radius 1 is 1.08 bits per heavy atom. The number of anilines is 1. The summed E-state index contributed by atoms with van der Waals surface area (Å²) in [6.07, 6.45) is 1.62. The first-order valence-corrected chi connectivity index (χ1v) is 7.96. The Kier molecular flexibility index (Phi) is 4.91. The second kappa shape index (κ2) is 7.27. The third kappa shape index (κ3) is 3.81. The maximum absolute atomic E-state index is 13.7. The average Bonchev–Trinajstić information content (AvgIpc) is 3.11. The normalized spacial score (nSPS) is 11.8. The molecular weight excluding hydrogens is 323 g/mol.